The summed E-state index contributed by atoms with van der Waals surface area (Å²) in [5.41, 5.74) is 0.455. The maximum absolute atomic E-state index is 12.6. The third-order valence-corrected chi connectivity index (χ3v) is 3.91. The van der Waals surface area contributed by atoms with Gasteiger partial charge in [0.15, 0.2) is 0 Å². The summed E-state index contributed by atoms with van der Waals surface area (Å²) in [5, 5.41) is 9.28. The van der Waals surface area contributed by atoms with Crippen molar-refractivity contribution in [3.05, 3.63) is 59.2 Å². The standard InChI is InChI=1S/C19H18F3NO4/c1-12(24)27-17-8-7-15(11-16(17)18(25)26)23(2)10-9-13-3-5-14(6-4-13)19(20,21)22/h3-8,11H,9-10H2,1-2H3,(H,25,26). The molecule has 0 aliphatic heterocycles. The molecule has 2 rings (SSSR count). The second-order valence-corrected chi connectivity index (χ2v) is 5.95. The van der Waals surface area contributed by atoms with Crippen LogP contribution < -0.4 is 9.64 Å². The third kappa shape index (κ3) is 5.47. The first-order chi connectivity index (χ1) is 12.6. The Labute approximate surface area is 154 Å². The molecule has 1 N–H and O–H groups in total. The van der Waals surface area contributed by atoms with Gasteiger partial charge in [0.1, 0.15) is 11.3 Å². The van der Waals surface area contributed by atoms with E-state index in [0.29, 0.717) is 18.7 Å². The van der Waals surface area contributed by atoms with Crippen LogP contribution in [0.25, 0.3) is 0 Å². The smallest absolute Gasteiger partial charge is 0.416 e. The number of hydrogen-bond donors (Lipinski definition) is 1. The number of anilines is 1. The summed E-state index contributed by atoms with van der Waals surface area (Å²) in [6.45, 7) is 1.63. The molecule has 144 valence electrons. The van der Waals surface area contributed by atoms with E-state index in [9.17, 15) is 27.9 Å². The molecular formula is C19H18F3NO4. The summed E-state index contributed by atoms with van der Waals surface area (Å²) < 4.78 is 42.6. The van der Waals surface area contributed by atoms with Gasteiger partial charge in [-0.2, -0.15) is 13.2 Å². The van der Waals surface area contributed by atoms with Gasteiger partial charge in [-0.25, -0.2) is 4.79 Å². The highest BCUT2D eigenvalue weighted by Crippen LogP contribution is 2.29. The first-order valence-corrected chi connectivity index (χ1v) is 8.01. The average Bonchev–Trinajstić information content (AvgIpc) is 2.59. The van der Waals surface area contributed by atoms with E-state index in [1.807, 2.05) is 0 Å². The number of carbonyl (C=O) groups is 2. The Morgan fingerprint density at radius 2 is 1.74 bits per heavy atom. The van der Waals surface area contributed by atoms with Gasteiger partial charge in [-0.3, -0.25) is 4.79 Å². The molecule has 27 heavy (non-hydrogen) atoms. The summed E-state index contributed by atoms with van der Waals surface area (Å²) in [5.74, 6) is -1.90. The Kier molecular flexibility index (Phi) is 6.09. The topological polar surface area (TPSA) is 66.8 Å². The maximum Gasteiger partial charge on any atom is 0.416 e. The number of hydrogen-bond acceptors (Lipinski definition) is 4. The first-order valence-electron chi connectivity index (χ1n) is 8.01. The van der Waals surface area contributed by atoms with Gasteiger partial charge in [0.2, 0.25) is 0 Å². The summed E-state index contributed by atoms with van der Waals surface area (Å²) in [4.78, 5) is 24.2. The summed E-state index contributed by atoms with van der Waals surface area (Å²) >= 11 is 0. The van der Waals surface area contributed by atoms with Crippen molar-refractivity contribution in [3.63, 3.8) is 0 Å². The molecule has 0 saturated carbocycles. The summed E-state index contributed by atoms with van der Waals surface area (Å²) in [6.07, 6.45) is -3.89. The van der Waals surface area contributed by atoms with Gasteiger partial charge in [0.05, 0.1) is 5.56 Å². The number of carboxylic acid groups (broad SMARTS) is 1. The minimum absolute atomic E-state index is 0.0464. The zero-order valence-electron chi connectivity index (χ0n) is 14.7. The highest BCUT2D eigenvalue weighted by atomic mass is 19.4. The minimum Gasteiger partial charge on any atom is -0.478 e. The quantitative estimate of drug-likeness (QED) is 0.605. The molecule has 0 spiro atoms. The molecule has 0 unspecified atom stereocenters. The first kappa shape index (κ1) is 20.3. The lowest BCUT2D eigenvalue weighted by atomic mass is 10.1. The molecule has 0 heterocycles. The lowest BCUT2D eigenvalue weighted by molar-refractivity contribution is -0.137. The largest absolute Gasteiger partial charge is 0.478 e. The molecule has 0 amide bonds. The van der Waals surface area contributed by atoms with Crippen LogP contribution >= 0.6 is 0 Å². The zero-order valence-corrected chi connectivity index (χ0v) is 14.7. The Morgan fingerprint density at radius 1 is 1.11 bits per heavy atom. The van der Waals surface area contributed by atoms with Crippen molar-refractivity contribution >= 4 is 17.6 Å². The second-order valence-electron chi connectivity index (χ2n) is 5.95. The van der Waals surface area contributed by atoms with Gasteiger partial charge in [-0.15, -0.1) is 0 Å². The molecule has 5 nitrogen and oxygen atoms in total. The fraction of sp³-hybridized carbons (Fsp3) is 0.263. The van der Waals surface area contributed by atoms with Gasteiger partial charge in [0.25, 0.3) is 0 Å². The van der Waals surface area contributed by atoms with E-state index in [0.717, 1.165) is 17.7 Å². The van der Waals surface area contributed by atoms with Crippen LogP contribution in [0, 0.1) is 0 Å². The second kappa shape index (κ2) is 8.11. The van der Waals surface area contributed by atoms with Gasteiger partial charge < -0.3 is 14.7 Å². The highest BCUT2D eigenvalue weighted by Gasteiger charge is 2.29. The average molecular weight is 381 g/mol. The number of carbonyl (C=O) groups excluding carboxylic acids is 1. The SMILES string of the molecule is CC(=O)Oc1ccc(N(C)CCc2ccc(C(F)(F)F)cc2)cc1C(=O)O. The monoisotopic (exact) mass is 381 g/mol. The van der Waals surface area contributed by atoms with Gasteiger partial charge >= 0.3 is 18.1 Å². The van der Waals surface area contributed by atoms with Crippen molar-refractivity contribution in [1.82, 2.24) is 0 Å². The predicted octanol–water partition coefficient (Wildman–Crippen LogP) is 4.01. The van der Waals surface area contributed by atoms with Gasteiger partial charge in [0, 0.05) is 26.2 Å². The number of benzene rings is 2. The van der Waals surface area contributed by atoms with Crippen molar-refractivity contribution in [2.24, 2.45) is 0 Å². The van der Waals surface area contributed by atoms with Crippen molar-refractivity contribution in [2.75, 3.05) is 18.5 Å². The predicted molar refractivity (Wildman–Crippen MR) is 93.1 cm³/mol. The summed E-state index contributed by atoms with van der Waals surface area (Å²) in [7, 11) is 1.73. The molecule has 0 fully saturated rings. The molecule has 0 saturated heterocycles. The number of nitrogens with zero attached hydrogens (tertiary/aromatic N) is 1. The van der Waals surface area contributed by atoms with Crippen molar-refractivity contribution < 1.29 is 32.6 Å². The number of halogens is 3. The Morgan fingerprint density at radius 3 is 2.26 bits per heavy atom. The molecule has 0 radical (unpaired) electrons. The Balaban J connectivity index is 2.09. The van der Waals surface area contributed by atoms with Crippen LogP contribution in [0.4, 0.5) is 18.9 Å². The van der Waals surface area contributed by atoms with Gasteiger partial charge in [-0.05, 0) is 42.3 Å². The number of ether oxygens (including phenoxy) is 1. The number of esters is 1. The van der Waals surface area contributed by atoms with Crippen LogP contribution in [0.3, 0.4) is 0 Å². The minimum atomic E-state index is -4.37. The van der Waals surface area contributed by atoms with E-state index in [4.69, 9.17) is 4.74 Å². The number of rotatable bonds is 6. The van der Waals surface area contributed by atoms with Crippen LogP contribution in [0.15, 0.2) is 42.5 Å². The molecule has 0 aromatic heterocycles. The Bertz CT molecular complexity index is 832. The van der Waals surface area contributed by atoms with Crippen LogP contribution in [-0.2, 0) is 17.4 Å². The highest BCUT2D eigenvalue weighted by molar-refractivity contribution is 5.93. The number of aromatic carboxylic acids is 1. The molecule has 8 heteroatoms. The van der Waals surface area contributed by atoms with Crippen molar-refractivity contribution in [2.45, 2.75) is 19.5 Å². The molecule has 0 aliphatic carbocycles. The van der Waals surface area contributed by atoms with Gasteiger partial charge in [-0.1, -0.05) is 12.1 Å². The molecule has 2 aromatic rings. The van der Waals surface area contributed by atoms with Crippen LogP contribution in [-0.4, -0.2) is 30.6 Å². The number of likely N-dealkylation sites (N-methyl/N-ethyl adjacent to an activating group) is 1. The summed E-state index contributed by atoms with van der Waals surface area (Å²) in [6, 6.07) is 9.30. The van der Waals surface area contributed by atoms with E-state index in [2.05, 4.69) is 0 Å². The van der Waals surface area contributed by atoms with Crippen LogP contribution in [0.2, 0.25) is 0 Å². The maximum atomic E-state index is 12.6. The molecular weight excluding hydrogens is 363 g/mol. The van der Waals surface area contributed by atoms with Crippen LogP contribution in [0.5, 0.6) is 5.75 Å². The normalized spacial score (nSPS) is 11.1. The zero-order chi connectivity index (χ0) is 20.2. The molecule has 0 bridgehead atoms. The van der Waals surface area contributed by atoms with E-state index in [1.165, 1.54) is 31.2 Å². The van der Waals surface area contributed by atoms with E-state index in [1.54, 1.807) is 18.0 Å². The lowest BCUT2D eigenvalue weighted by Gasteiger charge is -2.20. The van der Waals surface area contributed by atoms with Crippen molar-refractivity contribution in [3.8, 4) is 5.75 Å². The number of alkyl halides is 3. The van der Waals surface area contributed by atoms with E-state index in [-0.39, 0.29) is 11.3 Å². The fourth-order valence-corrected chi connectivity index (χ4v) is 2.45. The number of carboxylic acids is 1. The molecule has 0 aliphatic rings. The molecule has 0 atom stereocenters. The molecule has 2 aromatic carbocycles. The van der Waals surface area contributed by atoms with E-state index < -0.39 is 23.7 Å². The van der Waals surface area contributed by atoms with Crippen LogP contribution in [0.1, 0.15) is 28.4 Å². The lowest BCUT2D eigenvalue weighted by Crippen LogP contribution is -2.21. The Hall–Kier alpha value is -3.03. The van der Waals surface area contributed by atoms with E-state index >= 15 is 0 Å². The third-order valence-electron chi connectivity index (χ3n) is 3.91. The fourth-order valence-electron chi connectivity index (χ4n) is 2.45. The van der Waals surface area contributed by atoms with Crippen molar-refractivity contribution in [1.29, 1.82) is 0 Å².